The first-order valence-electron chi connectivity index (χ1n) is 3.45. The molecule has 9 heavy (non-hydrogen) atoms. The Bertz CT molecular complexity index is 99.7. The Balaban J connectivity index is 2.75. The van der Waals surface area contributed by atoms with Crippen LogP contribution in [0.2, 0.25) is 0 Å². The van der Waals surface area contributed by atoms with Crippen LogP contribution in [0.15, 0.2) is 0 Å². The fraction of sp³-hybridized carbons (Fsp3) is 0.875. The topological polar surface area (TPSA) is 0 Å². The van der Waals surface area contributed by atoms with Gasteiger partial charge in [-0.15, -0.1) is 0 Å². The highest BCUT2D eigenvalue weighted by molar-refractivity contribution is 8.02. The van der Waals surface area contributed by atoms with E-state index in [9.17, 15) is 0 Å². The lowest BCUT2D eigenvalue weighted by Crippen LogP contribution is -2.30. The summed E-state index contributed by atoms with van der Waals surface area (Å²) in [7, 11) is 0. The van der Waals surface area contributed by atoms with Gasteiger partial charge in [0.05, 0.1) is 0 Å². The van der Waals surface area contributed by atoms with Crippen molar-refractivity contribution in [1.82, 2.24) is 0 Å². The molecule has 1 fully saturated rings. The maximum Gasteiger partial charge on any atom is 0.0178 e. The molecule has 0 atom stereocenters. The average molecular weight is 143 g/mol. The summed E-state index contributed by atoms with van der Waals surface area (Å²) in [4.78, 5) is 0. The lowest BCUT2D eigenvalue weighted by molar-refractivity contribution is 0.300. The van der Waals surface area contributed by atoms with Gasteiger partial charge >= 0.3 is 0 Å². The molecule has 0 aliphatic carbocycles. The zero-order chi connectivity index (χ0) is 7.12. The highest BCUT2D eigenvalue weighted by atomic mass is 32.2. The fourth-order valence-electron chi connectivity index (χ4n) is 0.864. The molecule has 1 radical (unpaired) electrons. The zero-order valence-electron chi connectivity index (χ0n) is 6.69. The minimum absolute atomic E-state index is 0.451. The molecule has 0 bridgehead atoms. The first kappa shape index (κ1) is 7.46. The summed E-state index contributed by atoms with van der Waals surface area (Å²) in [6, 6.07) is 0. The second-order valence-corrected chi connectivity index (χ2v) is 5.47. The van der Waals surface area contributed by atoms with Gasteiger partial charge in [-0.2, -0.15) is 11.8 Å². The van der Waals surface area contributed by atoms with E-state index in [4.69, 9.17) is 0 Å². The minimum Gasteiger partial charge on any atom is -0.151 e. The maximum absolute atomic E-state index is 2.34. The molecule has 0 unspecified atom stereocenters. The Morgan fingerprint density at radius 3 is 1.89 bits per heavy atom. The Hall–Kier alpha value is 0.350. The van der Waals surface area contributed by atoms with Gasteiger partial charge in [-0.1, -0.05) is 27.7 Å². The van der Waals surface area contributed by atoms with Gasteiger partial charge in [0.2, 0.25) is 0 Å². The van der Waals surface area contributed by atoms with E-state index in [1.165, 1.54) is 6.42 Å². The van der Waals surface area contributed by atoms with E-state index in [0.29, 0.717) is 10.2 Å². The second kappa shape index (κ2) is 1.91. The third-order valence-corrected chi connectivity index (χ3v) is 4.08. The molecule has 0 nitrogen and oxygen atoms in total. The third kappa shape index (κ3) is 1.12. The van der Waals surface area contributed by atoms with Gasteiger partial charge in [0.15, 0.2) is 0 Å². The molecule has 0 spiro atoms. The maximum atomic E-state index is 2.34. The van der Waals surface area contributed by atoms with Gasteiger partial charge in [-0.25, -0.2) is 0 Å². The monoisotopic (exact) mass is 143 g/mol. The summed E-state index contributed by atoms with van der Waals surface area (Å²) in [6.45, 7) is 9.31. The molecule has 53 valence electrons. The lowest BCUT2D eigenvalue weighted by Gasteiger charge is -2.33. The van der Waals surface area contributed by atoms with E-state index in [1.54, 1.807) is 0 Å². The molecule has 1 rings (SSSR count). The quantitative estimate of drug-likeness (QED) is 0.502. The van der Waals surface area contributed by atoms with E-state index in [2.05, 4.69) is 33.4 Å². The van der Waals surface area contributed by atoms with E-state index in [-0.39, 0.29) is 0 Å². The molecule has 0 saturated carbocycles. The highest BCUT2D eigenvalue weighted by Crippen LogP contribution is 2.53. The summed E-state index contributed by atoms with van der Waals surface area (Å²) >= 11 is 1.98. The van der Waals surface area contributed by atoms with Gasteiger partial charge < -0.3 is 0 Å². The Morgan fingerprint density at radius 2 is 1.78 bits per heavy atom. The Morgan fingerprint density at radius 1 is 1.22 bits per heavy atom. The number of thioether (sulfide) groups is 1. The van der Waals surface area contributed by atoms with Crippen LogP contribution in [0.25, 0.3) is 0 Å². The Kier molecular flexibility index (Phi) is 1.59. The van der Waals surface area contributed by atoms with E-state index < -0.39 is 0 Å². The van der Waals surface area contributed by atoms with Gasteiger partial charge in [-0.3, -0.25) is 0 Å². The first-order chi connectivity index (χ1) is 3.96. The molecule has 1 aliphatic rings. The normalized spacial score (nSPS) is 30.7. The van der Waals surface area contributed by atoms with Crippen LogP contribution in [0.3, 0.4) is 0 Å². The van der Waals surface area contributed by atoms with Crippen molar-refractivity contribution in [2.75, 3.05) is 0 Å². The molecule has 0 aromatic heterocycles. The third-order valence-electron chi connectivity index (χ3n) is 2.60. The lowest BCUT2D eigenvalue weighted by atomic mass is 9.79. The van der Waals surface area contributed by atoms with Crippen LogP contribution in [-0.2, 0) is 0 Å². The van der Waals surface area contributed by atoms with Crippen LogP contribution < -0.4 is 0 Å². The van der Waals surface area contributed by atoms with Crippen LogP contribution >= 0.6 is 11.8 Å². The standard InChI is InChI=1S/C8H15S/c1-7(2)5-6-9-8(7,3)4/h6H,5H2,1-4H3. The SMILES string of the molecule is CC1(C)C[CH]SC1(C)C. The predicted octanol–water partition coefficient (Wildman–Crippen LogP) is 3.09. The van der Waals surface area contributed by atoms with E-state index >= 15 is 0 Å². The fourth-order valence-corrected chi connectivity index (χ4v) is 2.18. The van der Waals surface area contributed by atoms with Crippen molar-refractivity contribution in [3.63, 3.8) is 0 Å². The number of rotatable bonds is 0. The van der Waals surface area contributed by atoms with Crippen LogP contribution in [-0.4, -0.2) is 4.75 Å². The van der Waals surface area contributed by atoms with Crippen molar-refractivity contribution in [1.29, 1.82) is 0 Å². The summed E-state index contributed by atoms with van der Waals surface area (Å²) in [5.74, 6) is 2.33. The average Bonchev–Trinajstić information content (AvgIpc) is 1.81. The summed E-state index contributed by atoms with van der Waals surface area (Å²) < 4.78 is 0.451. The molecule has 1 saturated heterocycles. The molecule has 0 aromatic carbocycles. The molecule has 0 aromatic rings. The van der Waals surface area contributed by atoms with Crippen molar-refractivity contribution < 1.29 is 0 Å². The van der Waals surface area contributed by atoms with Gasteiger partial charge in [0.1, 0.15) is 0 Å². The van der Waals surface area contributed by atoms with Crippen LogP contribution in [0.4, 0.5) is 0 Å². The van der Waals surface area contributed by atoms with Crippen molar-refractivity contribution in [3.05, 3.63) is 5.75 Å². The second-order valence-electron chi connectivity index (χ2n) is 3.88. The molecule has 0 amide bonds. The summed E-state index contributed by atoms with van der Waals surface area (Å²) in [5, 5.41) is 0. The Labute approximate surface area is 62.4 Å². The van der Waals surface area contributed by atoms with Crippen molar-refractivity contribution in [3.8, 4) is 0 Å². The van der Waals surface area contributed by atoms with E-state index in [1.807, 2.05) is 11.8 Å². The van der Waals surface area contributed by atoms with Crippen LogP contribution in [0, 0.1) is 11.2 Å². The van der Waals surface area contributed by atoms with Crippen LogP contribution in [0.5, 0.6) is 0 Å². The molecular weight excluding hydrogens is 128 g/mol. The zero-order valence-corrected chi connectivity index (χ0v) is 7.51. The van der Waals surface area contributed by atoms with Crippen molar-refractivity contribution in [2.24, 2.45) is 5.41 Å². The summed E-state index contributed by atoms with van der Waals surface area (Å²) in [6.07, 6.45) is 1.25. The minimum atomic E-state index is 0.451. The van der Waals surface area contributed by atoms with Crippen LogP contribution in [0.1, 0.15) is 34.1 Å². The number of hydrogen-bond donors (Lipinski definition) is 0. The van der Waals surface area contributed by atoms with Gasteiger partial charge in [0.25, 0.3) is 0 Å². The largest absolute Gasteiger partial charge is 0.151 e. The molecule has 1 heteroatoms. The molecule has 1 heterocycles. The highest BCUT2D eigenvalue weighted by Gasteiger charge is 2.41. The van der Waals surface area contributed by atoms with Gasteiger partial charge in [-0.05, 0) is 11.8 Å². The first-order valence-corrected chi connectivity index (χ1v) is 4.33. The predicted molar refractivity (Wildman–Crippen MR) is 44.4 cm³/mol. The van der Waals surface area contributed by atoms with Crippen molar-refractivity contribution in [2.45, 2.75) is 38.9 Å². The van der Waals surface area contributed by atoms with Crippen molar-refractivity contribution >= 4 is 11.8 Å². The molecule has 1 aliphatic heterocycles. The number of hydrogen-bond acceptors (Lipinski definition) is 1. The smallest absolute Gasteiger partial charge is 0.0178 e. The van der Waals surface area contributed by atoms with E-state index in [0.717, 1.165) is 0 Å². The summed E-state index contributed by atoms with van der Waals surface area (Å²) in [5.41, 5.74) is 0.498. The molecular formula is C8H15S. The van der Waals surface area contributed by atoms with Gasteiger partial charge in [0, 0.05) is 10.5 Å². The molecule has 0 N–H and O–H groups in total.